The first kappa shape index (κ1) is 30.7. The summed E-state index contributed by atoms with van der Waals surface area (Å²) in [6.07, 6.45) is 0. The van der Waals surface area contributed by atoms with Crippen molar-refractivity contribution in [2.24, 2.45) is 0 Å². The van der Waals surface area contributed by atoms with Crippen molar-refractivity contribution in [3.8, 4) is 5.75 Å². The summed E-state index contributed by atoms with van der Waals surface area (Å²) < 4.78 is 34.4. The Bertz CT molecular complexity index is 1380. The van der Waals surface area contributed by atoms with Crippen molar-refractivity contribution in [1.29, 1.82) is 0 Å². The van der Waals surface area contributed by atoms with Crippen LogP contribution >= 0.6 is 0 Å². The molecule has 214 valence electrons. The Balaban J connectivity index is 2.02. The molecule has 0 saturated carbocycles. The topological polar surface area (TPSA) is 96.0 Å². The van der Waals surface area contributed by atoms with E-state index in [-0.39, 0.29) is 17.3 Å². The van der Waals surface area contributed by atoms with Gasteiger partial charge in [0.2, 0.25) is 11.8 Å². The number of nitrogens with one attached hydrogen (secondary N) is 1. The van der Waals surface area contributed by atoms with Crippen molar-refractivity contribution in [3.63, 3.8) is 0 Å². The van der Waals surface area contributed by atoms with Gasteiger partial charge in [-0.05, 0) is 83.5 Å². The van der Waals surface area contributed by atoms with E-state index in [2.05, 4.69) is 5.32 Å². The highest BCUT2D eigenvalue weighted by atomic mass is 32.2. The van der Waals surface area contributed by atoms with Gasteiger partial charge in [-0.1, -0.05) is 48.0 Å². The smallest absolute Gasteiger partial charge is 0.264 e. The van der Waals surface area contributed by atoms with E-state index in [0.717, 1.165) is 15.4 Å². The van der Waals surface area contributed by atoms with Crippen LogP contribution in [0.1, 0.15) is 45.7 Å². The molecule has 1 atom stereocenters. The van der Waals surface area contributed by atoms with E-state index in [0.29, 0.717) is 18.0 Å². The molecule has 0 aliphatic heterocycles. The summed E-state index contributed by atoms with van der Waals surface area (Å²) in [6.45, 7) is 11.1. The summed E-state index contributed by atoms with van der Waals surface area (Å²) in [5.41, 5.74) is 1.54. The molecule has 40 heavy (non-hydrogen) atoms. The molecular formula is C31H39N3O5S. The Morgan fingerprint density at radius 3 is 2.08 bits per heavy atom. The maximum Gasteiger partial charge on any atom is 0.264 e. The molecule has 9 heteroatoms. The fourth-order valence-electron chi connectivity index (χ4n) is 4.08. The minimum absolute atomic E-state index is 0.0629. The molecule has 0 heterocycles. The van der Waals surface area contributed by atoms with Crippen molar-refractivity contribution in [1.82, 2.24) is 10.2 Å². The lowest BCUT2D eigenvalue weighted by atomic mass is 10.1. The third-order valence-corrected chi connectivity index (χ3v) is 7.97. The van der Waals surface area contributed by atoms with Crippen molar-refractivity contribution in [3.05, 3.63) is 90.0 Å². The molecule has 3 rings (SSSR count). The number of aryl methyl sites for hydroxylation is 1. The van der Waals surface area contributed by atoms with E-state index < -0.39 is 34.1 Å². The van der Waals surface area contributed by atoms with E-state index in [1.165, 1.54) is 17.0 Å². The van der Waals surface area contributed by atoms with Gasteiger partial charge in [0.05, 0.1) is 17.2 Å². The number of sulfonamides is 1. The Morgan fingerprint density at radius 1 is 0.925 bits per heavy atom. The number of carbonyl (C=O) groups excluding carboxylic acids is 2. The van der Waals surface area contributed by atoms with E-state index in [4.69, 9.17) is 4.74 Å². The second-order valence-electron chi connectivity index (χ2n) is 10.7. The van der Waals surface area contributed by atoms with Gasteiger partial charge in [-0.3, -0.25) is 13.9 Å². The Hall–Kier alpha value is -3.85. The zero-order valence-electron chi connectivity index (χ0n) is 24.0. The van der Waals surface area contributed by atoms with Crippen molar-refractivity contribution in [2.75, 3.05) is 17.5 Å². The van der Waals surface area contributed by atoms with E-state index >= 15 is 0 Å². The maximum absolute atomic E-state index is 14.0. The number of nitrogens with zero attached hydrogens (tertiary/aromatic N) is 2. The summed E-state index contributed by atoms with van der Waals surface area (Å²) in [6, 6.07) is 21.5. The van der Waals surface area contributed by atoms with Crippen LogP contribution in [0.25, 0.3) is 0 Å². The van der Waals surface area contributed by atoms with Crippen LogP contribution in [0.15, 0.2) is 83.8 Å². The standard InChI is InChI=1S/C31H39N3O5S/c1-7-39-27-17-15-26(16-18-27)34(40(37,38)28-19-13-23(2)14-20-28)22-29(35)33(21-25-11-9-8-10-12-25)24(3)30(36)32-31(4,5)6/h8-20,24H,7,21-22H2,1-6H3,(H,32,36)/t24-/m0/s1. The number of carbonyl (C=O) groups is 2. The fourth-order valence-corrected chi connectivity index (χ4v) is 5.49. The zero-order chi connectivity index (χ0) is 29.5. The summed E-state index contributed by atoms with van der Waals surface area (Å²) in [5, 5.41) is 2.93. The van der Waals surface area contributed by atoms with Crippen LogP contribution in [0.4, 0.5) is 5.69 Å². The second kappa shape index (κ2) is 13.0. The van der Waals surface area contributed by atoms with Crippen molar-refractivity contribution in [2.45, 2.75) is 64.6 Å². The van der Waals surface area contributed by atoms with Gasteiger partial charge in [-0.15, -0.1) is 0 Å². The van der Waals surface area contributed by atoms with Crippen molar-refractivity contribution >= 4 is 27.5 Å². The molecule has 1 N–H and O–H groups in total. The third-order valence-electron chi connectivity index (χ3n) is 6.18. The third kappa shape index (κ3) is 8.08. The number of amides is 2. The number of rotatable bonds is 11. The first-order valence-electron chi connectivity index (χ1n) is 13.3. The van der Waals surface area contributed by atoms with E-state index in [9.17, 15) is 18.0 Å². The van der Waals surface area contributed by atoms with E-state index in [1.54, 1.807) is 43.3 Å². The summed E-state index contributed by atoms with van der Waals surface area (Å²) in [7, 11) is -4.13. The van der Waals surface area contributed by atoms with Gasteiger partial charge in [0.1, 0.15) is 18.3 Å². The Kier molecular flexibility index (Phi) is 9.98. The van der Waals surface area contributed by atoms with Gasteiger partial charge in [-0.25, -0.2) is 8.42 Å². The predicted molar refractivity (Wildman–Crippen MR) is 158 cm³/mol. The SMILES string of the molecule is CCOc1ccc(N(CC(=O)N(Cc2ccccc2)[C@@H](C)C(=O)NC(C)(C)C)S(=O)(=O)c2ccc(C)cc2)cc1. The Morgan fingerprint density at radius 2 is 1.52 bits per heavy atom. The largest absolute Gasteiger partial charge is 0.494 e. The van der Waals surface area contributed by atoms with Gasteiger partial charge in [0.25, 0.3) is 10.0 Å². The fraction of sp³-hybridized carbons (Fsp3) is 0.355. The van der Waals surface area contributed by atoms with Gasteiger partial charge in [-0.2, -0.15) is 0 Å². The molecule has 0 aromatic heterocycles. The summed E-state index contributed by atoms with van der Waals surface area (Å²) in [5.74, 6) is -0.251. The lowest BCUT2D eigenvalue weighted by Gasteiger charge is -2.33. The van der Waals surface area contributed by atoms with Crippen LogP contribution in [0, 0.1) is 6.92 Å². The molecule has 3 aromatic carbocycles. The molecule has 0 bridgehead atoms. The van der Waals surface area contributed by atoms with Gasteiger partial charge < -0.3 is 15.0 Å². The van der Waals surface area contributed by atoms with Crippen LogP contribution in [0.3, 0.4) is 0 Å². The summed E-state index contributed by atoms with van der Waals surface area (Å²) in [4.78, 5) is 28.6. The molecule has 0 unspecified atom stereocenters. The summed E-state index contributed by atoms with van der Waals surface area (Å²) >= 11 is 0. The van der Waals surface area contributed by atoms with Gasteiger partial charge >= 0.3 is 0 Å². The highest BCUT2D eigenvalue weighted by Gasteiger charge is 2.33. The van der Waals surface area contributed by atoms with Crippen LogP contribution in [0.5, 0.6) is 5.75 Å². The van der Waals surface area contributed by atoms with Crippen molar-refractivity contribution < 1.29 is 22.7 Å². The lowest BCUT2D eigenvalue weighted by Crippen LogP contribution is -2.54. The minimum atomic E-state index is -4.13. The van der Waals surface area contributed by atoms with Crippen LogP contribution in [0.2, 0.25) is 0 Å². The average Bonchev–Trinajstić information content (AvgIpc) is 2.90. The molecule has 0 spiro atoms. The Labute approximate surface area is 238 Å². The van der Waals surface area contributed by atoms with Crippen LogP contribution in [-0.2, 0) is 26.2 Å². The molecule has 0 fully saturated rings. The van der Waals surface area contributed by atoms with E-state index in [1.807, 2.05) is 65.0 Å². The monoisotopic (exact) mass is 565 g/mol. The number of anilines is 1. The number of benzene rings is 3. The number of hydrogen-bond donors (Lipinski definition) is 1. The molecule has 0 aliphatic carbocycles. The van der Waals surface area contributed by atoms with Gasteiger partial charge in [0, 0.05) is 12.1 Å². The number of ether oxygens (including phenoxy) is 1. The molecule has 2 amide bonds. The predicted octanol–water partition coefficient (Wildman–Crippen LogP) is 4.92. The minimum Gasteiger partial charge on any atom is -0.494 e. The highest BCUT2D eigenvalue weighted by Crippen LogP contribution is 2.27. The van der Waals surface area contributed by atoms with Gasteiger partial charge in [0.15, 0.2) is 0 Å². The molecule has 0 radical (unpaired) electrons. The average molecular weight is 566 g/mol. The normalized spacial score (nSPS) is 12.3. The molecule has 8 nitrogen and oxygen atoms in total. The molecular weight excluding hydrogens is 526 g/mol. The maximum atomic E-state index is 14.0. The zero-order valence-corrected chi connectivity index (χ0v) is 24.9. The lowest BCUT2D eigenvalue weighted by molar-refractivity contribution is -0.140. The first-order chi connectivity index (χ1) is 18.8. The quantitative estimate of drug-likeness (QED) is 0.356. The highest BCUT2D eigenvalue weighted by molar-refractivity contribution is 7.92. The molecule has 0 aliphatic rings. The molecule has 3 aromatic rings. The van der Waals surface area contributed by atoms with Crippen LogP contribution in [-0.4, -0.2) is 49.9 Å². The van der Waals surface area contributed by atoms with Crippen LogP contribution < -0.4 is 14.4 Å². The second-order valence-corrected chi connectivity index (χ2v) is 12.5. The number of hydrogen-bond acceptors (Lipinski definition) is 5. The molecule has 0 saturated heterocycles. The first-order valence-corrected chi connectivity index (χ1v) is 14.7.